The monoisotopic (exact) mass is 293 g/mol. The van der Waals surface area contributed by atoms with Crippen molar-refractivity contribution in [3.05, 3.63) is 52.3 Å². The third kappa shape index (κ3) is 2.60. The minimum absolute atomic E-state index is 0.105. The SMILES string of the molecule is CNC(=O)c1cc(-c2cc(C)c(O)cc2F)ccc1Cl. The molecule has 0 spiro atoms. The maximum absolute atomic E-state index is 13.9. The number of aryl methyl sites for hydroxylation is 1. The fourth-order valence-corrected chi connectivity index (χ4v) is 2.10. The van der Waals surface area contributed by atoms with Gasteiger partial charge in [-0.3, -0.25) is 4.79 Å². The van der Waals surface area contributed by atoms with Crippen molar-refractivity contribution in [1.29, 1.82) is 0 Å². The van der Waals surface area contributed by atoms with Gasteiger partial charge in [0.25, 0.3) is 5.91 Å². The Labute approximate surface area is 121 Å². The highest BCUT2D eigenvalue weighted by molar-refractivity contribution is 6.34. The van der Waals surface area contributed by atoms with Gasteiger partial charge in [-0.05, 0) is 36.2 Å². The van der Waals surface area contributed by atoms with E-state index in [0.29, 0.717) is 21.7 Å². The molecular weight excluding hydrogens is 281 g/mol. The highest BCUT2D eigenvalue weighted by Crippen LogP contribution is 2.31. The summed E-state index contributed by atoms with van der Waals surface area (Å²) < 4.78 is 13.9. The number of hydrogen-bond acceptors (Lipinski definition) is 2. The largest absolute Gasteiger partial charge is 0.508 e. The van der Waals surface area contributed by atoms with E-state index in [2.05, 4.69) is 5.32 Å². The average Bonchev–Trinajstić information content (AvgIpc) is 2.43. The van der Waals surface area contributed by atoms with Crippen molar-refractivity contribution in [2.75, 3.05) is 7.05 Å². The van der Waals surface area contributed by atoms with E-state index in [4.69, 9.17) is 11.6 Å². The van der Waals surface area contributed by atoms with Gasteiger partial charge in [0.2, 0.25) is 0 Å². The summed E-state index contributed by atoms with van der Waals surface area (Å²) in [5, 5.41) is 12.2. The van der Waals surface area contributed by atoms with E-state index in [9.17, 15) is 14.3 Å². The zero-order valence-corrected chi connectivity index (χ0v) is 11.8. The summed E-state index contributed by atoms with van der Waals surface area (Å²) in [6.07, 6.45) is 0. The molecule has 0 radical (unpaired) electrons. The standard InChI is InChI=1S/C15H13ClFNO2/c1-8-5-10(13(17)7-14(8)19)9-3-4-12(16)11(6-9)15(20)18-2/h3-7,19H,1-2H3,(H,18,20). The van der Waals surface area contributed by atoms with E-state index in [1.807, 2.05) is 0 Å². The molecule has 20 heavy (non-hydrogen) atoms. The lowest BCUT2D eigenvalue weighted by atomic mass is 10.00. The molecule has 0 aliphatic heterocycles. The van der Waals surface area contributed by atoms with Gasteiger partial charge in [0.15, 0.2) is 0 Å². The van der Waals surface area contributed by atoms with E-state index >= 15 is 0 Å². The number of carbonyl (C=O) groups excluding carboxylic acids is 1. The van der Waals surface area contributed by atoms with Gasteiger partial charge >= 0.3 is 0 Å². The number of nitrogens with one attached hydrogen (secondary N) is 1. The normalized spacial score (nSPS) is 10.4. The molecule has 2 aromatic carbocycles. The Bertz CT molecular complexity index is 686. The Kier molecular flexibility index (Phi) is 3.95. The summed E-state index contributed by atoms with van der Waals surface area (Å²) in [5.41, 5.74) is 1.66. The van der Waals surface area contributed by atoms with Crippen LogP contribution in [0.5, 0.6) is 5.75 Å². The molecule has 0 fully saturated rings. The number of hydrogen-bond donors (Lipinski definition) is 2. The smallest absolute Gasteiger partial charge is 0.252 e. The molecule has 0 saturated heterocycles. The van der Waals surface area contributed by atoms with E-state index in [-0.39, 0.29) is 17.2 Å². The van der Waals surface area contributed by atoms with E-state index in [1.54, 1.807) is 19.1 Å². The van der Waals surface area contributed by atoms with Crippen molar-refractivity contribution < 1.29 is 14.3 Å². The number of amides is 1. The summed E-state index contributed by atoms with van der Waals surface area (Å²) in [6, 6.07) is 7.28. The van der Waals surface area contributed by atoms with Gasteiger partial charge in [-0.15, -0.1) is 0 Å². The first kappa shape index (κ1) is 14.3. The van der Waals surface area contributed by atoms with Crippen LogP contribution >= 0.6 is 11.6 Å². The minimum Gasteiger partial charge on any atom is -0.508 e. The third-order valence-electron chi connectivity index (χ3n) is 3.03. The fourth-order valence-electron chi connectivity index (χ4n) is 1.89. The summed E-state index contributed by atoms with van der Waals surface area (Å²) in [5.74, 6) is -1.00. The van der Waals surface area contributed by atoms with Crippen molar-refractivity contribution in [1.82, 2.24) is 5.32 Å². The lowest BCUT2D eigenvalue weighted by Gasteiger charge is -2.09. The molecule has 2 aromatic rings. The molecule has 0 saturated carbocycles. The molecule has 2 N–H and O–H groups in total. The molecule has 2 rings (SSSR count). The first-order chi connectivity index (χ1) is 9.43. The van der Waals surface area contributed by atoms with Crippen LogP contribution in [-0.2, 0) is 0 Å². The molecule has 3 nitrogen and oxygen atoms in total. The Morgan fingerprint density at radius 1 is 1.30 bits per heavy atom. The fraction of sp³-hybridized carbons (Fsp3) is 0.133. The Morgan fingerprint density at radius 2 is 2.00 bits per heavy atom. The number of benzene rings is 2. The molecule has 0 aliphatic rings. The number of phenols is 1. The first-order valence-corrected chi connectivity index (χ1v) is 6.33. The predicted molar refractivity (Wildman–Crippen MR) is 76.6 cm³/mol. The van der Waals surface area contributed by atoms with Crippen LogP contribution in [-0.4, -0.2) is 18.1 Å². The van der Waals surface area contributed by atoms with E-state index in [1.165, 1.54) is 19.2 Å². The molecule has 0 aliphatic carbocycles. The van der Waals surface area contributed by atoms with Crippen LogP contribution in [0.2, 0.25) is 5.02 Å². The van der Waals surface area contributed by atoms with Gasteiger partial charge in [-0.1, -0.05) is 17.7 Å². The van der Waals surface area contributed by atoms with Crippen LogP contribution in [0.1, 0.15) is 15.9 Å². The van der Waals surface area contributed by atoms with Gasteiger partial charge in [-0.25, -0.2) is 4.39 Å². The molecule has 5 heteroatoms. The second-order valence-electron chi connectivity index (χ2n) is 4.39. The Balaban J connectivity index is 2.59. The van der Waals surface area contributed by atoms with Crippen molar-refractivity contribution in [2.24, 2.45) is 0 Å². The second-order valence-corrected chi connectivity index (χ2v) is 4.80. The quantitative estimate of drug-likeness (QED) is 0.890. The first-order valence-electron chi connectivity index (χ1n) is 5.95. The summed E-state index contributed by atoms with van der Waals surface area (Å²) >= 11 is 5.96. The predicted octanol–water partition coefficient (Wildman–Crippen LogP) is 3.52. The highest BCUT2D eigenvalue weighted by Gasteiger charge is 2.13. The molecule has 1 amide bonds. The second kappa shape index (κ2) is 5.51. The van der Waals surface area contributed by atoms with Crippen LogP contribution < -0.4 is 5.32 Å². The molecule has 0 bridgehead atoms. The van der Waals surface area contributed by atoms with Crippen LogP contribution in [0.25, 0.3) is 11.1 Å². The molecule has 0 heterocycles. The van der Waals surface area contributed by atoms with E-state index in [0.717, 1.165) is 6.07 Å². The van der Waals surface area contributed by atoms with Crippen LogP contribution in [0.4, 0.5) is 4.39 Å². The average molecular weight is 294 g/mol. The number of phenolic OH excluding ortho intramolecular Hbond substituents is 1. The molecule has 0 unspecified atom stereocenters. The summed E-state index contributed by atoms with van der Waals surface area (Å²) in [7, 11) is 1.50. The summed E-state index contributed by atoms with van der Waals surface area (Å²) in [4.78, 5) is 11.7. The lowest BCUT2D eigenvalue weighted by Crippen LogP contribution is -2.18. The zero-order chi connectivity index (χ0) is 14.9. The van der Waals surface area contributed by atoms with Crippen molar-refractivity contribution in [3.63, 3.8) is 0 Å². The number of halogens is 2. The topological polar surface area (TPSA) is 49.3 Å². The Hall–Kier alpha value is -2.07. The van der Waals surface area contributed by atoms with Crippen molar-refractivity contribution in [2.45, 2.75) is 6.92 Å². The van der Waals surface area contributed by atoms with Gasteiger partial charge in [-0.2, -0.15) is 0 Å². The third-order valence-corrected chi connectivity index (χ3v) is 3.36. The molecule has 0 atom stereocenters. The molecule has 104 valence electrons. The number of aromatic hydroxyl groups is 1. The van der Waals surface area contributed by atoms with E-state index < -0.39 is 5.82 Å². The van der Waals surface area contributed by atoms with Crippen LogP contribution in [0.15, 0.2) is 30.3 Å². The Morgan fingerprint density at radius 3 is 2.65 bits per heavy atom. The maximum atomic E-state index is 13.9. The van der Waals surface area contributed by atoms with Crippen LogP contribution in [0, 0.1) is 12.7 Å². The zero-order valence-electron chi connectivity index (χ0n) is 11.0. The maximum Gasteiger partial charge on any atom is 0.252 e. The van der Waals surface area contributed by atoms with Gasteiger partial charge < -0.3 is 10.4 Å². The number of carbonyl (C=O) groups is 1. The van der Waals surface area contributed by atoms with Crippen molar-refractivity contribution >= 4 is 17.5 Å². The van der Waals surface area contributed by atoms with Crippen molar-refractivity contribution in [3.8, 4) is 16.9 Å². The van der Waals surface area contributed by atoms with Crippen LogP contribution in [0.3, 0.4) is 0 Å². The summed E-state index contributed by atoms with van der Waals surface area (Å²) in [6.45, 7) is 1.67. The lowest BCUT2D eigenvalue weighted by molar-refractivity contribution is 0.0963. The van der Waals surface area contributed by atoms with Gasteiger partial charge in [0, 0.05) is 18.7 Å². The highest BCUT2D eigenvalue weighted by atomic mass is 35.5. The number of rotatable bonds is 2. The molecule has 0 aromatic heterocycles. The van der Waals surface area contributed by atoms with Gasteiger partial charge in [0.05, 0.1) is 10.6 Å². The minimum atomic E-state index is -0.557. The van der Waals surface area contributed by atoms with Gasteiger partial charge in [0.1, 0.15) is 11.6 Å². The molecular formula is C15H13ClFNO2.